The highest BCUT2D eigenvalue weighted by Crippen LogP contribution is 2.31. The molecule has 7 nitrogen and oxygen atoms in total. The number of carbonyl (C=O) groups is 1. The second-order valence-electron chi connectivity index (χ2n) is 6.47. The van der Waals surface area contributed by atoms with Gasteiger partial charge in [-0.25, -0.2) is 9.78 Å². The molecule has 134 valence electrons. The maximum atomic E-state index is 12.5. The lowest BCUT2D eigenvalue weighted by Gasteiger charge is -2.20. The Hall–Kier alpha value is -2.70. The van der Waals surface area contributed by atoms with E-state index in [2.05, 4.69) is 15.0 Å². The van der Waals surface area contributed by atoms with E-state index in [1.54, 1.807) is 45.2 Å². The summed E-state index contributed by atoms with van der Waals surface area (Å²) in [5.74, 6) is -1.04. The molecule has 0 aliphatic rings. The van der Waals surface area contributed by atoms with Gasteiger partial charge in [0.05, 0.1) is 6.61 Å². The molecule has 0 radical (unpaired) electrons. The molecule has 0 saturated carbocycles. The van der Waals surface area contributed by atoms with Crippen LogP contribution in [-0.4, -0.2) is 38.2 Å². The Morgan fingerprint density at radius 3 is 2.60 bits per heavy atom. The molecule has 2 rings (SSSR count). The van der Waals surface area contributed by atoms with E-state index in [1.165, 1.54) is 0 Å². The minimum Gasteiger partial charge on any atom is -0.491 e. The van der Waals surface area contributed by atoms with Gasteiger partial charge in [0.1, 0.15) is 11.3 Å². The minimum absolute atomic E-state index is 0.0672. The first-order valence-corrected chi connectivity index (χ1v) is 8.20. The zero-order valence-electron chi connectivity index (χ0n) is 14.9. The first kappa shape index (κ1) is 18.6. The number of unbranched alkanes of at least 4 members (excludes halogenated alkanes) is 1. The molecule has 0 bridgehead atoms. The molecule has 0 amide bonds. The monoisotopic (exact) mass is 345 g/mol. The van der Waals surface area contributed by atoms with Crippen LogP contribution in [0.5, 0.6) is 11.6 Å². The molecule has 1 N–H and O–H groups in total. The summed E-state index contributed by atoms with van der Waals surface area (Å²) in [6.45, 7) is 7.61. The molecule has 2 aromatic rings. The van der Waals surface area contributed by atoms with Crippen molar-refractivity contribution in [2.24, 2.45) is 0 Å². The van der Waals surface area contributed by atoms with Gasteiger partial charge in [0.25, 0.3) is 5.88 Å². The average molecular weight is 345 g/mol. The number of rotatable bonds is 6. The molecule has 25 heavy (non-hydrogen) atoms. The van der Waals surface area contributed by atoms with Crippen molar-refractivity contribution in [1.29, 1.82) is 0 Å². The van der Waals surface area contributed by atoms with Crippen LogP contribution < -0.4 is 4.74 Å². The number of esters is 1. The highest BCUT2D eigenvalue weighted by molar-refractivity contribution is 5.91. The third-order valence-corrected chi connectivity index (χ3v) is 3.08. The molecule has 2 aromatic heterocycles. The summed E-state index contributed by atoms with van der Waals surface area (Å²) in [4.78, 5) is 24.9. The third-order valence-electron chi connectivity index (χ3n) is 3.08. The van der Waals surface area contributed by atoms with Gasteiger partial charge in [-0.05, 0) is 39.3 Å². The summed E-state index contributed by atoms with van der Waals surface area (Å²) >= 11 is 0. The summed E-state index contributed by atoms with van der Waals surface area (Å²) < 4.78 is 10.9. The summed E-state index contributed by atoms with van der Waals surface area (Å²) in [6, 6.07) is 5.20. The van der Waals surface area contributed by atoms with Crippen LogP contribution in [0.3, 0.4) is 0 Å². The van der Waals surface area contributed by atoms with Crippen LogP contribution in [0.25, 0.3) is 11.5 Å². The maximum Gasteiger partial charge on any atom is 0.361 e. The highest BCUT2D eigenvalue weighted by Gasteiger charge is 2.27. The van der Waals surface area contributed by atoms with E-state index in [4.69, 9.17) is 9.47 Å². The van der Waals surface area contributed by atoms with Gasteiger partial charge in [-0.1, -0.05) is 19.4 Å². The lowest BCUT2D eigenvalue weighted by atomic mass is 10.2. The summed E-state index contributed by atoms with van der Waals surface area (Å²) in [6.07, 6.45) is 3.26. The number of hydrogen-bond acceptors (Lipinski definition) is 7. The quantitative estimate of drug-likeness (QED) is 0.633. The lowest BCUT2D eigenvalue weighted by molar-refractivity contribution is 0.00576. The van der Waals surface area contributed by atoms with Crippen LogP contribution in [0.15, 0.2) is 24.4 Å². The Morgan fingerprint density at radius 1 is 1.24 bits per heavy atom. The molecule has 0 aliphatic carbocycles. The molecule has 0 spiro atoms. The number of ether oxygens (including phenoxy) is 2. The van der Waals surface area contributed by atoms with Crippen molar-refractivity contribution in [1.82, 2.24) is 15.0 Å². The van der Waals surface area contributed by atoms with E-state index in [9.17, 15) is 9.90 Å². The maximum absolute atomic E-state index is 12.5. The fraction of sp³-hybridized carbons (Fsp3) is 0.444. The topological polar surface area (TPSA) is 94.4 Å². The van der Waals surface area contributed by atoms with E-state index in [0.29, 0.717) is 12.3 Å². The van der Waals surface area contributed by atoms with Crippen LogP contribution in [0.4, 0.5) is 0 Å². The zero-order valence-corrected chi connectivity index (χ0v) is 14.9. The van der Waals surface area contributed by atoms with E-state index in [-0.39, 0.29) is 17.3 Å². The number of hydrogen-bond donors (Lipinski definition) is 1. The zero-order chi connectivity index (χ0) is 18.4. The van der Waals surface area contributed by atoms with Gasteiger partial charge in [0.15, 0.2) is 11.5 Å². The number of pyridine rings is 1. The Kier molecular flexibility index (Phi) is 5.90. The molecular formula is C18H23N3O4. The molecule has 0 atom stereocenters. The van der Waals surface area contributed by atoms with E-state index < -0.39 is 17.5 Å². The molecule has 7 heteroatoms. The third kappa shape index (κ3) is 5.14. The Morgan fingerprint density at radius 2 is 2.00 bits per heavy atom. The summed E-state index contributed by atoms with van der Waals surface area (Å²) in [5, 5.41) is 10.3. The van der Waals surface area contributed by atoms with Crippen LogP contribution in [0.2, 0.25) is 0 Å². The van der Waals surface area contributed by atoms with Gasteiger partial charge in [-0.3, -0.25) is 4.98 Å². The largest absolute Gasteiger partial charge is 0.491 e. The van der Waals surface area contributed by atoms with Crippen LogP contribution in [-0.2, 0) is 4.74 Å². The van der Waals surface area contributed by atoms with Gasteiger partial charge in [0.2, 0.25) is 5.75 Å². The van der Waals surface area contributed by atoms with Crippen LogP contribution >= 0.6 is 0 Å². The second kappa shape index (κ2) is 7.92. The van der Waals surface area contributed by atoms with E-state index in [0.717, 1.165) is 12.8 Å². The van der Waals surface area contributed by atoms with Crippen molar-refractivity contribution in [3.8, 4) is 23.1 Å². The normalized spacial score (nSPS) is 11.2. The van der Waals surface area contributed by atoms with E-state index in [1.807, 2.05) is 6.92 Å². The molecule has 0 aromatic carbocycles. The van der Waals surface area contributed by atoms with Crippen molar-refractivity contribution in [2.45, 2.75) is 46.1 Å². The molecule has 0 fully saturated rings. The predicted molar refractivity (Wildman–Crippen MR) is 92.5 cm³/mol. The smallest absolute Gasteiger partial charge is 0.361 e. The SMILES string of the molecule is CCCCOc1c(O)nc(-c2ccccn2)nc1C(=O)OC(C)(C)C. The minimum atomic E-state index is -0.705. The lowest BCUT2D eigenvalue weighted by Crippen LogP contribution is -2.25. The van der Waals surface area contributed by atoms with Gasteiger partial charge in [-0.15, -0.1) is 0 Å². The predicted octanol–water partition coefficient (Wildman–Crippen LogP) is 3.38. The van der Waals surface area contributed by atoms with Crippen molar-refractivity contribution in [2.75, 3.05) is 6.61 Å². The van der Waals surface area contributed by atoms with Gasteiger partial charge in [0, 0.05) is 6.20 Å². The summed E-state index contributed by atoms with van der Waals surface area (Å²) in [5.41, 5.74) is -0.384. The average Bonchev–Trinajstić information content (AvgIpc) is 2.55. The first-order valence-electron chi connectivity index (χ1n) is 8.20. The highest BCUT2D eigenvalue weighted by atomic mass is 16.6. The first-order chi connectivity index (χ1) is 11.8. The second-order valence-corrected chi connectivity index (χ2v) is 6.47. The van der Waals surface area contributed by atoms with Crippen molar-refractivity contribution in [3.63, 3.8) is 0 Å². The van der Waals surface area contributed by atoms with Crippen molar-refractivity contribution in [3.05, 3.63) is 30.1 Å². The van der Waals surface area contributed by atoms with Crippen LogP contribution in [0.1, 0.15) is 51.0 Å². The molecule has 0 unspecified atom stereocenters. The van der Waals surface area contributed by atoms with Gasteiger partial charge < -0.3 is 14.6 Å². The Balaban J connectivity index is 2.46. The molecule has 2 heterocycles. The number of carbonyl (C=O) groups excluding carboxylic acids is 1. The van der Waals surface area contributed by atoms with Gasteiger partial charge >= 0.3 is 5.97 Å². The Labute approximate surface area is 147 Å². The van der Waals surface area contributed by atoms with Crippen LogP contribution in [0, 0.1) is 0 Å². The van der Waals surface area contributed by atoms with Crippen molar-refractivity contribution >= 4 is 5.97 Å². The molecule has 0 aliphatic heterocycles. The fourth-order valence-electron chi connectivity index (χ4n) is 1.96. The molecule has 0 saturated heterocycles. The molecular weight excluding hydrogens is 322 g/mol. The summed E-state index contributed by atoms with van der Waals surface area (Å²) in [7, 11) is 0. The fourth-order valence-corrected chi connectivity index (χ4v) is 1.96. The standard InChI is InChI=1S/C18H23N3O4/c1-5-6-11-24-14-13(17(23)25-18(2,3)4)20-15(21-16(14)22)12-9-7-8-10-19-12/h7-10H,5-6,11H2,1-4H3,(H,20,21,22). The number of aromatic hydroxyl groups is 1. The number of nitrogens with zero attached hydrogens (tertiary/aromatic N) is 3. The number of aromatic nitrogens is 3. The van der Waals surface area contributed by atoms with Gasteiger partial charge in [-0.2, -0.15) is 4.98 Å². The van der Waals surface area contributed by atoms with Crippen molar-refractivity contribution < 1.29 is 19.4 Å². The van der Waals surface area contributed by atoms with E-state index >= 15 is 0 Å². The Bertz CT molecular complexity index is 727.